The van der Waals surface area contributed by atoms with Crippen LogP contribution in [-0.2, 0) is 9.53 Å². The molecule has 0 amide bonds. The van der Waals surface area contributed by atoms with Crippen molar-refractivity contribution in [2.24, 2.45) is 5.92 Å². The number of nitrogens with zero attached hydrogens (tertiary/aromatic N) is 1. The first-order valence-corrected chi connectivity index (χ1v) is 7.15. The van der Waals surface area contributed by atoms with Crippen molar-refractivity contribution in [3.63, 3.8) is 0 Å². The predicted molar refractivity (Wildman–Crippen MR) is 79.7 cm³/mol. The molecule has 0 N–H and O–H groups in total. The number of hydrogen-bond donors (Lipinski definition) is 0. The third-order valence-corrected chi connectivity index (χ3v) is 3.06. The van der Waals surface area contributed by atoms with Crippen molar-refractivity contribution in [1.29, 1.82) is 0 Å². The summed E-state index contributed by atoms with van der Waals surface area (Å²) in [5, 5.41) is 11.2. The van der Waals surface area contributed by atoms with Gasteiger partial charge in [0.2, 0.25) is 18.1 Å². The standard InChI is InChI=1S/C15H19NO7/c1-9(2)7-20-14(17)15(3,4)23-11-6-13-12(21-8-22-13)5-10(11)16(18)19/h5-6,9H,7-8H2,1-4H3. The maximum atomic E-state index is 12.1. The van der Waals surface area contributed by atoms with Gasteiger partial charge in [0.25, 0.3) is 0 Å². The van der Waals surface area contributed by atoms with E-state index in [1.54, 1.807) is 0 Å². The summed E-state index contributed by atoms with van der Waals surface area (Å²) in [6, 6.07) is 2.56. The highest BCUT2D eigenvalue weighted by Gasteiger charge is 2.35. The van der Waals surface area contributed by atoms with Crippen molar-refractivity contribution in [1.82, 2.24) is 0 Å². The molecule has 0 unspecified atom stereocenters. The van der Waals surface area contributed by atoms with Crippen molar-refractivity contribution in [3.05, 3.63) is 22.2 Å². The van der Waals surface area contributed by atoms with Crippen LogP contribution in [0.15, 0.2) is 12.1 Å². The lowest BCUT2D eigenvalue weighted by atomic mass is 10.1. The van der Waals surface area contributed by atoms with E-state index in [2.05, 4.69) is 0 Å². The van der Waals surface area contributed by atoms with Gasteiger partial charge in [-0.15, -0.1) is 0 Å². The average molecular weight is 325 g/mol. The first-order chi connectivity index (χ1) is 10.7. The Labute approximate surface area is 133 Å². The van der Waals surface area contributed by atoms with Crippen LogP contribution >= 0.6 is 0 Å². The van der Waals surface area contributed by atoms with Gasteiger partial charge in [0.1, 0.15) is 0 Å². The lowest BCUT2D eigenvalue weighted by Gasteiger charge is -2.24. The van der Waals surface area contributed by atoms with Crippen molar-refractivity contribution in [2.75, 3.05) is 13.4 Å². The fourth-order valence-corrected chi connectivity index (χ4v) is 1.87. The number of nitro groups is 1. The van der Waals surface area contributed by atoms with E-state index in [0.29, 0.717) is 5.75 Å². The van der Waals surface area contributed by atoms with Crippen LogP contribution in [0.4, 0.5) is 5.69 Å². The van der Waals surface area contributed by atoms with Crippen LogP contribution in [0.5, 0.6) is 17.2 Å². The molecule has 8 heteroatoms. The highest BCUT2D eigenvalue weighted by molar-refractivity contribution is 5.79. The van der Waals surface area contributed by atoms with Crippen LogP contribution in [-0.4, -0.2) is 29.9 Å². The van der Waals surface area contributed by atoms with Crippen LogP contribution in [0.1, 0.15) is 27.7 Å². The Morgan fingerprint density at radius 2 is 1.96 bits per heavy atom. The number of hydrogen-bond acceptors (Lipinski definition) is 7. The molecule has 126 valence electrons. The smallest absolute Gasteiger partial charge is 0.349 e. The minimum atomic E-state index is -1.38. The van der Waals surface area contributed by atoms with E-state index < -0.39 is 16.5 Å². The third-order valence-electron chi connectivity index (χ3n) is 3.06. The van der Waals surface area contributed by atoms with Gasteiger partial charge in [-0.1, -0.05) is 13.8 Å². The van der Waals surface area contributed by atoms with Gasteiger partial charge in [0.15, 0.2) is 11.5 Å². The Hall–Kier alpha value is -2.51. The van der Waals surface area contributed by atoms with Crippen molar-refractivity contribution < 1.29 is 28.7 Å². The molecule has 0 saturated carbocycles. The van der Waals surface area contributed by atoms with Gasteiger partial charge in [-0.25, -0.2) is 4.79 Å². The molecular weight excluding hydrogens is 306 g/mol. The molecule has 0 atom stereocenters. The summed E-state index contributed by atoms with van der Waals surface area (Å²) in [6.45, 7) is 7.02. The number of rotatable bonds is 6. The van der Waals surface area contributed by atoms with Crippen molar-refractivity contribution in [2.45, 2.75) is 33.3 Å². The number of carbonyl (C=O) groups excluding carboxylic acids is 1. The van der Waals surface area contributed by atoms with Gasteiger partial charge < -0.3 is 18.9 Å². The van der Waals surface area contributed by atoms with Crippen LogP contribution < -0.4 is 14.2 Å². The number of nitro benzene ring substituents is 1. The Balaban J connectivity index is 2.24. The largest absolute Gasteiger partial charge is 0.469 e. The fraction of sp³-hybridized carbons (Fsp3) is 0.533. The van der Waals surface area contributed by atoms with Crippen molar-refractivity contribution >= 4 is 11.7 Å². The normalized spacial score (nSPS) is 13.1. The first-order valence-electron chi connectivity index (χ1n) is 7.15. The number of benzene rings is 1. The molecule has 8 nitrogen and oxygen atoms in total. The Kier molecular flexibility index (Phi) is 4.63. The Bertz CT molecular complexity index is 624. The van der Waals surface area contributed by atoms with Gasteiger partial charge in [0.05, 0.1) is 17.6 Å². The molecule has 1 heterocycles. The molecular formula is C15H19NO7. The summed E-state index contributed by atoms with van der Waals surface area (Å²) in [6.07, 6.45) is 0. The predicted octanol–water partition coefficient (Wildman–Crippen LogP) is 2.68. The van der Waals surface area contributed by atoms with Gasteiger partial charge in [-0.2, -0.15) is 0 Å². The summed E-state index contributed by atoms with van der Waals surface area (Å²) < 4.78 is 21.0. The summed E-state index contributed by atoms with van der Waals surface area (Å²) in [5.74, 6) is 0.0970. The summed E-state index contributed by atoms with van der Waals surface area (Å²) >= 11 is 0. The Morgan fingerprint density at radius 3 is 2.52 bits per heavy atom. The van der Waals surface area contributed by atoms with Crippen LogP contribution in [0.2, 0.25) is 0 Å². The fourth-order valence-electron chi connectivity index (χ4n) is 1.87. The molecule has 0 fully saturated rings. The highest BCUT2D eigenvalue weighted by atomic mass is 16.7. The summed E-state index contributed by atoms with van der Waals surface area (Å²) in [7, 11) is 0. The molecule has 1 aliphatic heterocycles. The monoisotopic (exact) mass is 325 g/mol. The molecule has 0 aliphatic carbocycles. The maximum absolute atomic E-state index is 12.1. The summed E-state index contributed by atoms with van der Waals surface area (Å²) in [5.41, 5.74) is -1.69. The second-order valence-corrected chi connectivity index (χ2v) is 6.03. The van der Waals surface area contributed by atoms with E-state index in [0.717, 1.165) is 0 Å². The second-order valence-electron chi connectivity index (χ2n) is 6.03. The van der Waals surface area contributed by atoms with Crippen LogP contribution in [0.3, 0.4) is 0 Å². The van der Waals surface area contributed by atoms with Gasteiger partial charge in [0, 0.05) is 6.07 Å². The van der Waals surface area contributed by atoms with E-state index >= 15 is 0 Å². The van der Waals surface area contributed by atoms with E-state index in [4.69, 9.17) is 18.9 Å². The topological polar surface area (TPSA) is 97.1 Å². The zero-order valence-electron chi connectivity index (χ0n) is 13.5. The molecule has 0 saturated heterocycles. The summed E-state index contributed by atoms with van der Waals surface area (Å²) in [4.78, 5) is 22.7. The minimum absolute atomic E-state index is 0.0181. The Morgan fingerprint density at radius 1 is 1.35 bits per heavy atom. The highest BCUT2D eigenvalue weighted by Crippen LogP contribution is 2.42. The van der Waals surface area contributed by atoms with Crippen LogP contribution in [0.25, 0.3) is 0 Å². The quantitative estimate of drug-likeness (QED) is 0.450. The van der Waals surface area contributed by atoms with Gasteiger partial charge >= 0.3 is 11.7 Å². The molecule has 1 aromatic carbocycles. The molecule has 23 heavy (non-hydrogen) atoms. The molecule has 1 aromatic rings. The first kappa shape index (κ1) is 16.9. The zero-order chi connectivity index (χ0) is 17.2. The van der Waals surface area contributed by atoms with Crippen LogP contribution in [0, 0.1) is 16.0 Å². The van der Waals surface area contributed by atoms with Gasteiger partial charge in [-0.3, -0.25) is 10.1 Å². The zero-order valence-corrected chi connectivity index (χ0v) is 13.5. The number of esters is 1. The van der Waals surface area contributed by atoms with Crippen molar-refractivity contribution in [3.8, 4) is 17.2 Å². The molecule has 2 rings (SSSR count). The lowest BCUT2D eigenvalue weighted by molar-refractivity contribution is -0.386. The average Bonchev–Trinajstić information content (AvgIpc) is 2.90. The molecule has 0 bridgehead atoms. The van der Waals surface area contributed by atoms with E-state index in [1.807, 2.05) is 13.8 Å². The molecule has 0 spiro atoms. The lowest BCUT2D eigenvalue weighted by Crippen LogP contribution is -2.40. The minimum Gasteiger partial charge on any atom is -0.469 e. The van der Waals surface area contributed by atoms with E-state index in [-0.39, 0.29) is 36.5 Å². The number of ether oxygens (including phenoxy) is 4. The van der Waals surface area contributed by atoms with Gasteiger partial charge in [-0.05, 0) is 19.8 Å². The number of fused-ring (bicyclic) bond motifs is 1. The maximum Gasteiger partial charge on any atom is 0.349 e. The molecule has 1 aliphatic rings. The second kappa shape index (κ2) is 6.31. The molecule has 0 aromatic heterocycles. The third kappa shape index (κ3) is 3.82. The number of carbonyl (C=O) groups is 1. The SMILES string of the molecule is CC(C)COC(=O)C(C)(C)Oc1cc2c(cc1[N+](=O)[O-])OCO2. The van der Waals surface area contributed by atoms with E-state index in [1.165, 1.54) is 26.0 Å². The molecule has 0 radical (unpaired) electrons. The van der Waals surface area contributed by atoms with E-state index in [9.17, 15) is 14.9 Å².